The highest BCUT2D eigenvalue weighted by molar-refractivity contribution is 5.96. The third-order valence-electron chi connectivity index (χ3n) is 4.78. The van der Waals surface area contributed by atoms with Crippen molar-refractivity contribution in [2.75, 3.05) is 43.1 Å². The maximum Gasteiger partial charge on any atom is 0.331 e. The van der Waals surface area contributed by atoms with Crippen molar-refractivity contribution in [3.63, 3.8) is 0 Å². The topological polar surface area (TPSA) is 77.1 Å². The average molecular weight is 424 g/mol. The van der Waals surface area contributed by atoms with Crippen LogP contribution in [0.15, 0.2) is 54.6 Å². The summed E-state index contributed by atoms with van der Waals surface area (Å²) < 4.78 is 15.9. The lowest BCUT2D eigenvalue weighted by Gasteiger charge is -2.28. The van der Waals surface area contributed by atoms with E-state index < -0.39 is 12.1 Å². The molecule has 7 nitrogen and oxygen atoms in total. The number of esters is 1. The van der Waals surface area contributed by atoms with Crippen LogP contribution in [0.5, 0.6) is 5.75 Å². The fourth-order valence-electron chi connectivity index (χ4n) is 3.09. The number of morpholine rings is 1. The zero-order chi connectivity index (χ0) is 22.1. The summed E-state index contributed by atoms with van der Waals surface area (Å²) in [6.45, 7) is 7.19. The molecule has 1 fully saturated rings. The van der Waals surface area contributed by atoms with Gasteiger partial charge in [0, 0.05) is 30.5 Å². The molecule has 31 heavy (non-hydrogen) atoms. The third-order valence-corrected chi connectivity index (χ3v) is 4.78. The van der Waals surface area contributed by atoms with Crippen LogP contribution in [0.3, 0.4) is 0 Å². The molecular weight excluding hydrogens is 396 g/mol. The van der Waals surface area contributed by atoms with Crippen LogP contribution >= 0.6 is 0 Å². The molecule has 2 aromatic carbocycles. The van der Waals surface area contributed by atoms with Crippen LogP contribution in [-0.2, 0) is 19.1 Å². The first-order valence-corrected chi connectivity index (χ1v) is 10.4. The first-order valence-electron chi connectivity index (χ1n) is 10.4. The van der Waals surface area contributed by atoms with E-state index in [1.165, 1.54) is 6.08 Å². The van der Waals surface area contributed by atoms with E-state index in [1.54, 1.807) is 13.0 Å². The molecule has 0 saturated carbocycles. The Kier molecular flexibility index (Phi) is 8.06. The van der Waals surface area contributed by atoms with Crippen molar-refractivity contribution < 1.29 is 23.8 Å². The molecule has 0 aliphatic carbocycles. The van der Waals surface area contributed by atoms with Crippen molar-refractivity contribution in [3.05, 3.63) is 60.2 Å². The van der Waals surface area contributed by atoms with Crippen LogP contribution in [0.4, 0.5) is 11.4 Å². The van der Waals surface area contributed by atoms with Gasteiger partial charge in [0.15, 0.2) is 6.10 Å². The van der Waals surface area contributed by atoms with E-state index in [1.807, 2.05) is 55.5 Å². The van der Waals surface area contributed by atoms with Gasteiger partial charge in [0.1, 0.15) is 5.75 Å². The minimum atomic E-state index is -0.920. The highest BCUT2D eigenvalue weighted by atomic mass is 16.5. The number of nitrogens with one attached hydrogen (secondary N) is 1. The maximum absolute atomic E-state index is 12.4. The van der Waals surface area contributed by atoms with Crippen LogP contribution in [-0.4, -0.2) is 50.9 Å². The largest absolute Gasteiger partial charge is 0.494 e. The fraction of sp³-hybridized carbons (Fsp3) is 0.333. The number of anilines is 2. The second-order valence-electron chi connectivity index (χ2n) is 7.05. The van der Waals surface area contributed by atoms with Crippen molar-refractivity contribution in [3.8, 4) is 5.75 Å². The Morgan fingerprint density at radius 1 is 1.10 bits per heavy atom. The van der Waals surface area contributed by atoms with Gasteiger partial charge in [-0.2, -0.15) is 0 Å². The highest BCUT2D eigenvalue weighted by Crippen LogP contribution is 2.19. The molecule has 1 saturated heterocycles. The van der Waals surface area contributed by atoms with E-state index in [9.17, 15) is 9.59 Å². The second kappa shape index (κ2) is 11.2. The lowest BCUT2D eigenvalue weighted by molar-refractivity contribution is -0.148. The Morgan fingerprint density at radius 2 is 1.77 bits per heavy atom. The zero-order valence-electron chi connectivity index (χ0n) is 17.9. The van der Waals surface area contributed by atoms with Gasteiger partial charge in [0.25, 0.3) is 5.91 Å². The van der Waals surface area contributed by atoms with E-state index >= 15 is 0 Å². The van der Waals surface area contributed by atoms with E-state index in [4.69, 9.17) is 14.2 Å². The number of ether oxygens (including phenoxy) is 3. The second-order valence-corrected chi connectivity index (χ2v) is 7.05. The zero-order valence-corrected chi connectivity index (χ0v) is 17.9. The molecular formula is C24H28N2O5. The van der Waals surface area contributed by atoms with Crippen molar-refractivity contribution in [1.82, 2.24) is 0 Å². The smallest absolute Gasteiger partial charge is 0.331 e. The summed E-state index contributed by atoms with van der Waals surface area (Å²) in [5.41, 5.74) is 2.56. The van der Waals surface area contributed by atoms with Gasteiger partial charge in [-0.1, -0.05) is 12.1 Å². The normalized spacial score (nSPS) is 14.8. The predicted molar refractivity (Wildman–Crippen MR) is 120 cm³/mol. The van der Waals surface area contributed by atoms with Gasteiger partial charge in [-0.15, -0.1) is 0 Å². The Morgan fingerprint density at radius 3 is 2.42 bits per heavy atom. The molecule has 0 bridgehead atoms. The minimum Gasteiger partial charge on any atom is -0.494 e. The van der Waals surface area contributed by atoms with Crippen LogP contribution in [0.25, 0.3) is 6.08 Å². The molecule has 1 atom stereocenters. The van der Waals surface area contributed by atoms with Crippen LogP contribution in [0.2, 0.25) is 0 Å². The molecule has 1 amide bonds. The highest BCUT2D eigenvalue weighted by Gasteiger charge is 2.17. The summed E-state index contributed by atoms with van der Waals surface area (Å²) in [7, 11) is 0. The van der Waals surface area contributed by atoms with Gasteiger partial charge in [0.05, 0.1) is 19.8 Å². The SMILES string of the molecule is CCOc1ccc(/C=C/C(=O)O[C@@H](C)C(=O)Nc2ccc(N3CCOCC3)cc2)cc1. The number of amides is 1. The van der Waals surface area contributed by atoms with Gasteiger partial charge >= 0.3 is 5.97 Å². The summed E-state index contributed by atoms with van der Waals surface area (Å²) in [6, 6.07) is 14.9. The summed E-state index contributed by atoms with van der Waals surface area (Å²) >= 11 is 0. The molecule has 0 unspecified atom stereocenters. The molecule has 3 rings (SSSR count). The lowest BCUT2D eigenvalue weighted by atomic mass is 10.2. The lowest BCUT2D eigenvalue weighted by Crippen LogP contribution is -2.36. The number of benzene rings is 2. The molecule has 164 valence electrons. The Hall–Kier alpha value is -3.32. The monoisotopic (exact) mass is 424 g/mol. The maximum atomic E-state index is 12.4. The van der Waals surface area contributed by atoms with Gasteiger partial charge in [-0.05, 0) is 61.9 Å². The van der Waals surface area contributed by atoms with Gasteiger partial charge in [-0.3, -0.25) is 4.79 Å². The number of carbonyl (C=O) groups is 2. The Bertz CT molecular complexity index is 887. The predicted octanol–water partition coefficient (Wildman–Crippen LogP) is 3.51. The standard InChI is InChI=1S/C24H28N2O5/c1-3-30-22-11-4-19(5-12-22)6-13-23(27)31-18(2)24(28)25-20-7-9-21(10-8-20)26-14-16-29-17-15-26/h4-13,18H,3,14-17H2,1-2H3,(H,25,28)/b13-6+/t18-/m0/s1. The van der Waals surface area contributed by atoms with Gasteiger partial charge in [0.2, 0.25) is 0 Å². The van der Waals surface area contributed by atoms with Crippen molar-refractivity contribution in [2.24, 2.45) is 0 Å². The quantitative estimate of drug-likeness (QED) is 0.516. The fourth-order valence-corrected chi connectivity index (χ4v) is 3.09. The Balaban J connectivity index is 1.47. The number of hydrogen-bond donors (Lipinski definition) is 1. The third kappa shape index (κ3) is 6.86. The molecule has 1 aliphatic rings. The molecule has 1 N–H and O–H groups in total. The van der Waals surface area contributed by atoms with Crippen molar-refractivity contribution >= 4 is 29.3 Å². The number of nitrogens with zero attached hydrogens (tertiary/aromatic N) is 1. The minimum absolute atomic E-state index is 0.387. The molecule has 1 heterocycles. The van der Waals surface area contributed by atoms with Crippen molar-refractivity contribution in [2.45, 2.75) is 20.0 Å². The molecule has 7 heteroatoms. The number of rotatable bonds is 8. The summed E-state index contributed by atoms with van der Waals surface area (Å²) in [6.07, 6.45) is 2.01. The first kappa shape index (κ1) is 22.4. The van der Waals surface area contributed by atoms with Gasteiger partial charge in [-0.25, -0.2) is 4.79 Å². The summed E-state index contributed by atoms with van der Waals surface area (Å²) in [5.74, 6) is -0.202. The van der Waals surface area contributed by atoms with Crippen LogP contribution in [0, 0.1) is 0 Å². The van der Waals surface area contributed by atoms with Crippen LogP contribution in [0.1, 0.15) is 19.4 Å². The number of carbonyl (C=O) groups excluding carboxylic acids is 2. The van der Waals surface area contributed by atoms with Crippen LogP contribution < -0.4 is 15.0 Å². The van der Waals surface area contributed by atoms with Gasteiger partial charge < -0.3 is 24.4 Å². The first-order chi connectivity index (χ1) is 15.0. The molecule has 0 radical (unpaired) electrons. The van der Waals surface area contributed by atoms with E-state index in [0.717, 1.165) is 30.1 Å². The van der Waals surface area contributed by atoms with E-state index in [2.05, 4.69) is 10.2 Å². The number of hydrogen-bond acceptors (Lipinski definition) is 6. The average Bonchev–Trinajstić information content (AvgIpc) is 2.80. The summed E-state index contributed by atoms with van der Waals surface area (Å²) in [4.78, 5) is 26.6. The molecule has 0 aromatic heterocycles. The molecule has 0 spiro atoms. The summed E-state index contributed by atoms with van der Waals surface area (Å²) in [5, 5.41) is 2.77. The van der Waals surface area contributed by atoms with E-state index in [0.29, 0.717) is 25.5 Å². The van der Waals surface area contributed by atoms with Crippen molar-refractivity contribution in [1.29, 1.82) is 0 Å². The molecule has 1 aliphatic heterocycles. The van der Waals surface area contributed by atoms with E-state index in [-0.39, 0.29) is 5.91 Å². The Labute approximate surface area is 182 Å². The molecule has 2 aromatic rings.